The highest BCUT2D eigenvalue weighted by atomic mass is 35.6. The number of benzene rings is 1. The van der Waals surface area contributed by atoms with Crippen molar-refractivity contribution in [2.24, 2.45) is 0 Å². The number of amides is 1. The zero-order valence-electron chi connectivity index (χ0n) is 13.8. The first-order chi connectivity index (χ1) is 12.1. The van der Waals surface area contributed by atoms with E-state index in [-0.39, 0.29) is 30.9 Å². The molecule has 1 aliphatic heterocycles. The van der Waals surface area contributed by atoms with Gasteiger partial charge in [0.25, 0.3) is 15.4 Å². The van der Waals surface area contributed by atoms with Crippen LogP contribution in [0.25, 0.3) is 0 Å². The van der Waals surface area contributed by atoms with Crippen molar-refractivity contribution in [3.8, 4) is 0 Å². The zero-order valence-corrected chi connectivity index (χ0v) is 16.1. The quantitative estimate of drug-likeness (QED) is 0.319. The number of halogens is 3. The second-order valence-electron chi connectivity index (χ2n) is 5.46. The number of hydrogen-bond donors (Lipinski definition) is 0. The maximum atomic E-state index is 12.0. The molecule has 0 unspecified atom stereocenters. The Bertz CT molecular complexity index is 715. The van der Waals surface area contributed by atoms with E-state index in [1.165, 1.54) is 23.1 Å². The monoisotopic (exact) mass is 423 g/mol. The number of carbonyl (C=O) groups is 2. The maximum absolute atomic E-state index is 12.0. The molecule has 0 aromatic heterocycles. The van der Waals surface area contributed by atoms with Crippen molar-refractivity contribution in [2.75, 3.05) is 37.7 Å². The Labute approximate surface area is 164 Å². The summed E-state index contributed by atoms with van der Waals surface area (Å²) < 4.78 is 2.83. The Kier molecular flexibility index (Phi) is 6.54. The van der Waals surface area contributed by atoms with Gasteiger partial charge in [-0.1, -0.05) is 34.8 Å². The Balaban J connectivity index is 2.18. The average molecular weight is 425 g/mol. The van der Waals surface area contributed by atoms with E-state index in [0.29, 0.717) is 18.8 Å². The van der Waals surface area contributed by atoms with Crippen molar-refractivity contribution in [2.45, 2.75) is 10.7 Å². The highest BCUT2D eigenvalue weighted by Crippen LogP contribution is 2.32. The molecule has 0 radical (unpaired) electrons. The van der Waals surface area contributed by atoms with Crippen molar-refractivity contribution < 1.29 is 19.2 Å². The molecule has 0 N–H and O–H groups in total. The van der Waals surface area contributed by atoms with E-state index in [2.05, 4.69) is 0 Å². The Morgan fingerprint density at radius 3 is 2.35 bits per heavy atom. The first kappa shape index (κ1) is 20.5. The standard InChI is InChI=1S/C15H16Cl3N3O5/c1-2-26-13(22)10-3-4-11(12(9-10)21(24)25)19-5-7-20(8-6-19)14(23)15(16,17)18/h3-4,9H,2,5-8H2,1H3. The summed E-state index contributed by atoms with van der Waals surface area (Å²) in [6, 6.07) is 4.15. The first-order valence-corrected chi connectivity index (χ1v) is 8.85. The van der Waals surface area contributed by atoms with Crippen LogP contribution in [0, 0.1) is 10.1 Å². The van der Waals surface area contributed by atoms with Crippen LogP contribution < -0.4 is 4.90 Å². The van der Waals surface area contributed by atoms with Gasteiger partial charge in [0.15, 0.2) is 0 Å². The molecule has 8 nitrogen and oxygen atoms in total. The van der Waals surface area contributed by atoms with Gasteiger partial charge in [0, 0.05) is 32.2 Å². The molecular formula is C15H16Cl3N3O5. The molecule has 1 amide bonds. The maximum Gasteiger partial charge on any atom is 0.338 e. The lowest BCUT2D eigenvalue weighted by atomic mass is 10.1. The molecule has 0 spiro atoms. The number of nitrogens with zero attached hydrogens (tertiary/aromatic N) is 3. The van der Waals surface area contributed by atoms with Gasteiger partial charge in [0.2, 0.25) is 0 Å². The summed E-state index contributed by atoms with van der Waals surface area (Å²) >= 11 is 16.8. The third-order valence-electron chi connectivity index (χ3n) is 3.83. The van der Waals surface area contributed by atoms with Crippen LogP contribution in [0.2, 0.25) is 0 Å². The number of anilines is 1. The van der Waals surface area contributed by atoms with Gasteiger partial charge < -0.3 is 14.5 Å². The molecule has 0 saturated carbocycles. The highest BCUT2D eigenvalue weighted by molar-refractivity contribution is 6.76. The van der Waals surface area contributed by atoms with Gasteiger partial charge >= 0.3 is 5.97 Å². The van der Waals surface area contributed by atoms with Gasteiger partial charge in [-0.15, -0.1) is 0 Å². The van der Waals surface area contributed by atoms with Crippen LogP contribution in [0.5, 0.6) is 0 Å². The molecule has 0 bridgehead atoms. The molecule has 11 heteroatoms. The lowest BCUT2D eigenvalue weighted by molar-refractivity contribution is -0.384. The van der Waals surface area contributed by atoms with Gasteiger partial charge in [0.1, 0.15) is 5.69 Å². The Morgan fingerprint density at radius 2 is 1.85 bits per heavy atom. The van der Waals surface area contributed by atoms with Crippen molar-refractivity contribution in [3.05, 3.63) is 33.9 Å². The normalized spacial score (nSPS) is 14.9. The van der Waals surface area contributed by atoms with Crippen LogP contribution in [0.4, 0.5) is 11.4 Å². The summed E-state index contributed by atoms with van der Waals surface area (Å²) in [6.07, 6.45) is 0. The summed E-state index contributed by atoms with van der Waals surface area (Å²) in [4.78, 5) is 37.7. The minimum Gasteiger partial charge on any atom is -0.462 e. The second-order valence-corrected chi connectivity index (χ2v) is 7.74. The van der Waals surface area contributed by atoms with Crippen LogP contribution in [-0.2, 0) is 9.53 Å². The number of ether oxygens (including phenoxy) is 1. The second kappa shape index (κ2) is 8.28. The molecule has 2 rings (SSSR count). The summed E-state index contributed by atoms with van der Waals surface area (Å²) in [7, 11) is 0. The van der Waals surface area contributed by atoms with Crippen molar-refractivity contribution in [1.29, 1.82) is 0 Å². The molecule has 1 aromatic carbocycles. The molecule has 26 heavy (non-hydrogen) atoms. The number of nitro benzene ring substituents is 1. The third-order valence-corrected chi connectivity index (χ3v) is 4.32. The van der Waals surface area contributed by atoms with E-state index in [4.69, 9.17) is 39.5 Å². The molecule has 1 saturated heterocycles. The first-order valence-electron chi connectivity index (χ1n) is 7.71. The number of hydrogen-bond acceptors (Lipinski definition) is 6. The van der Waals surface area contributed by atoms with Gasteiger partial charge in [-0.25, -0.2) is 4.79 Å². The van der Waals surface area contributed by atoms with Crippen LogP contribution in [0.3, 0.4) is 0 Å². The third kappa shape index (κ3) is 4.69. The summed E-state index contributed by atoms with van der Waals surface area (Å²) in [5.74, 6) is -1.26. The largest absolute Gasteiger partial charge is 0.462 e. The fraction of sp³-hybridized carbons (Fsp3) is 0.467. The molecule has 1 aromatic rings. The van der Waals surface area contributed by atoms with Crippen LogP contribution in [0.15, 0.2) is 18.2 Å². The van der Waals surface area contributed by atoms with Gasteiger partial charge in [0.05, 0.1) is 17.1 Å². The van der Waals surface area contributed by atoms with E-state index >= 15 is 0 Å². The number of alkyl halides is 3. The van der Waals surface area contributed by atoms with Crippen molar-refractivity contribution >= 4 is 58.1 Å². The van der Waals surface area contributed by atoms with Gasteiger partial charge in [-0.05, 0) is 19.1 Å². The minimum atomic E-state index is -2.03. The lowest BCUT2D eigenvalue weighted by Crippen LogP contribution is -2.51. The summed E-state index contributed by atoms with van der Waals surface area (Å²) in [5.41, 5.74) is 0.244. The molecule has 1 aliphatic rings. The van der Waals surface area contributed by atoms with Crippen LogP contribution >= 0.6 is 34.8 Å². The van der Waals surface area contributed by atoms with E-state index in [1.807, 2.05) is 0 Å². The van der Waals surface area contributed by atoms with E-state index < -0.39 is 20.6 Å². The average Bonchev–Trinajstić information content (AvgIpc) is 2.60. The smallest absolute Gasteiger partial charge is 0.338 e. The van der Waals surface area contributed by atoms with Crippen molar-refractivity contribution in [1.82, 2.24) is 4.90 Å². The number of carbonyl (C=O) groups excluding carboxylic acids is 2. The summed E-state index contributed by atoms with van der Waals surface area (Å²) in [6.45, 7) is 2.98. The van der Waals surface area contributed by atoms with Gasteiger partial charge in [-0.3, -0.25) is 14.9 Å². The molecule has 0 aliphatic carbocycles. The Morgan fingerprint density at radius 1 is 1.23 bits per heavy atom. The summed E-state index contributed by atoms with van der Waals surface area (Å²) in [5, 5.41) is 11.4. The zero-order chi connectivity index (χ0) is 19.5. The lowest BCUT2D eigenvalue weighted by Gasteiger charge is -2.36. The predicted molar refractivity (Wildman–Crippen MR) is 98.1 cm³/mol. The predicted octanol–water partition coefficient (Wildman–Crippen LogP) is 2.79. The van der Waals surface area contributed by atoms with E-state index in [1.54, 1.807) is 11.8 Å². The Hall–Kier alpha value is -1.77. The minimum absolute atomic E-state index is 0.104. The number of rotatable bonds is 4. The van der Waals surface area contributed by atoms with Crippen LogP contribution in [0.1, 0.15) is 17.3 Å². The van der Waals surface area contributed by atoms with Gasteiger partial charge in [-0.2, -0.15) is 0 Å². The number of esters is 1. The number of nitro groups is 1. The van der Waals surface area contributed by atoms with E-state index in [0.717, 1.165) is 0 Å². The van der Waals surface area contributed by atoms with Crippen molar-refractivity contribution in [3.63, 3.8) is 0 Å². The topological polar surface area (TPSA) is 93.0 Å². The van der Waals surface area contributed by atoms with E-state index in [9.17, 15) is 19.7 Å². The number of piperazine rings is 1. The SMILES string of the molecule is CCOC(=O)c1ccc(N2CCN(C(=O)C(Cl)(Cl)Cl)CC2)c([N+](=O)[O-])c1. The molecule has 1 heterocycles. The molecular weight excluding hydrogens is 409 g/mol. The molecule has 1 fully saturated rings. The fourth-order valence-corrected chi connectivity index (χ4v) is 2.97. The fourth-order valence-electron chi connectivity index (χ4n) is 2.61. The highest BCUT2D eigenvalue weighted by Gasteiger charge is 2.37. The molecule has 142 valence electrons. The van der Waals surface area contributed by atoms with Crippen LogP contribution in [-0.4, -0.2) is 58.3 Å². The molecule has 0 atom stereocenters.